The molecule has 0 N–H and O–H groups in total. The summed E-state index contributed by atoms with van der Waals surface area (Å²) in [6.45, 7) is 3.66. The molecule has 0 fully saturated rings. The predicted octanol–water partition coefficient (Wildman–Crippen LogP) is 3.33. The summed E-state index contributed by atoms with van der Waals surface area (Å²) in [6.07, 6.45) is 2.06. The van der Waals surface area contributed by atoms with Gasteiger partial charge in [0.15, 0.2) is 6.29 Å². The molecule has 0 aliphatic heterocycles. The van der Waals surface area contributed by atoms with Gasteiger partial charge in [0.1, 0.15) is 0 Å². The normalized spacial score (nSPS) is 11.5. The number of benzene rings is 2. The molecule has 5 heteroatoms. The second kappa shape index (κ2) is 5.27. The number of hydrogen-bond donors (Lipinski definition) is 0. The van der Waals surface area contributed by atoms with E-state index in [0.29, 0.717) is 22.8 Å². The van der Waals surface area contributed by atoms with Gasteiger partial charge in [-0.25, -0.2) is 12.4 Å². The minimum Gasteiger partial charge on any atom is -0.298 e. The average Bonchev–Trinajstić information content (AvgIpc) is 2.89. The lowest BCUT2D eigenvalue weighted by molar-refractivity contribution is 0.112. The highest BCUT2D eigenvalue weighted by molar-refractivity contribution is 7.90. The van der Waals surface area contributed by atoms with Crippen LogP contribution in [0.15, 0.2) is 66.1 Å². The lowest BCUT2D eigenvalue weighted by Crippen LogP contribution is -2.14. The maximum absolute atomic E-state index is 13.0. The zero-order valence-corrected chi connectivity index (χ0v) is 12.5. The molecule has 0 unspecified atom stereocenters. The maximum Gasteiger partial charge on any atom is 0.268 e. The third kappa shape index (κ3) is 1.98. The highest BCUT2D eigenvalue weighted by Gasteiger charge is 2.25. The third-order valence-electron chi connectivity index (χ3n) is 3.50. The van der Waals surface area contributed by atoms with Gasteiger partial charge in [0, 0.05) is 10.9 Å². The van der Waals surface area contributed by atoms with Crippen molar-refractivity contribution < 1.29 is 13.2 Å². The van der Waals surface area contributed by atoms with Gasteiger partial charge in [-0.1, -0.05) is 43.0 Å². The van der Waals surface area contributed by atoms with E-state index >= 15 is 0 Å². The average molecular weight is 311 g/mol. The number of hydrogen-bond acceptors (Lipinski definition) is 3. The number of aromatic nitrogens is 1. The van der Waals surface area contributed by atoms with Crippen LogP contribution in [-0.2, 0) is 10.0 Å². The van der Waals surface area contributed by atoms with Crippen molar-refractivity contribution in [2.75, 3.05) is 0 Å². The van der Waals surface area contributed by atoms with Crippen LogP contribution in [0.4, 0.5) is 0 Å². The fourth-order valence-electron chi connectivity index (χ4n) is 2.53. The Morgan fingerprint density at radius 3 is 2.23 bits per heavy atom. The lowest BCUT2D eigenvalue weighted by Gasteiger charge is -2.10. The summed E-state index contributed by atoms with van der Waals surface area (Å²) in [5, 5.41) is 0.590. The van der Waals surface area contributed by atoms with Crippen molar-refractivity contribution >= 4 is 33.3 Å². The van der Waals surface area contributed by atoms with Crippen molar-refractivity contribution in [3.05, 3.63) is 72.4 Å². The van der Waals surface area contributed by atoms with Crippen molar-refractivity contribution in [3.8, 4) is 0 Å². The number of para-hydroxylation sites is 1. The van der Waals surface area contributed by atoms with E-state index in [9.17, 15) is 13.2 Å². The minimum absolute atomic E-state index is 0.163. The Labute approximate surface area is 128 Å². The van der Waals surface area contributed by atoms with Crippen molar-refractivity contribution in [2.24, 2.45) is 0 Å². The van der Waals surface area contributed by atoms with Gasteiger partial charge in [0.05, 0.1) is 16.1 Å². The van der Waals surface area contributed by atoms with E-state index in [1.54, 1.807) is 42.5 Å². The molecule has 1 aromatic heterocycles. The standard InChI is InChI=1S/C17H13NO3S/c1-2-16-15(12-19)14-10-6-7-11-17(14)18(16)22(20,21)13-8-4-3-5-9-13/h2-12H,1H2. The summed E-state index contributed by atoms with van der Waals surface area (Å²) in [6, 6.07) is 15.0. The van der Waals surface area contributed by atoms with Crippen molar-refractivity contribution in [1.82, 2.24) is 3.97 Å². The number of aldehydes is 1. The zero-order chi connectivity index (χ0) is 15.7. The van der Waals surface area contributed by atoms with Crippen LogP contribution < -0.4 is 0 Å². The molecular weight excluding hydrogens is 298 g/mol. The molecule has 0 aliphatic carbocycles. The van der Waals surface area contributed by atoms with Crippen LogP contribution in [-0.4, -0.2) is 18.7 Å². The molecule has 0 atom stereocenters. The maximum atomic E-state index is 13.0. The first kappa shape index (κ1) is 14.3. The van der Waals surface area contributed by atoms with Gasteiger partial charge in [-0.3, -0.25) is 4.79 Å². The van der Waals surface area contributed by atoms with Gasteiger partial charge in [0.2, 0.25) is 0 Å². The fourth-order valence-corrected chi connectivity index (χ4v) is 4.09. The molecule has 0 saturated carbocycles. The van der Waals surface area contributed by atoms with Crippen molar-refractivity contribution in [1.29, 1.82) is 0 Å². The zero-order valence-electron chi connectivity index (χ0n) is 11.6. The highest BCUT2D eigenvalue weighted by Crippen LogP contribution is 2.29. The van der Waals surface area contributed by atoms with Gasteiger partial charge >= 0.3 is 0 Å². The summed E-state index contributed by atoms with van der Waals surface area (Å²) < 4.78 is 27.1. The van der Waals surface area contributed by atoms with Gasteiger partial charge in [-0.15, -0.1) is 0 Å². The van der Waals surface area contributed by atoms with Crippen LogP contribution in [0.5, 0.6) is 0 Å². The van der Waals surface area contributed by atoms with E-state index in [4.69, 9.17) is 0 Å². The van der Waals surface area contributed by atoms with E-state index in [0.717, 1.165) is 0 Å². The Hall–Kier alpha value is -2.66. The van der Waals surface area contributed by atoms with Gasteiger partial charge < -0.3 is 0 Å². The van der Waals surface area contributed by atoms with E-state index < -0.39 is 10.0 Å². The SMILES string of the molecule is C=Cc1c(C=O)c2ccccc2n1S(=O)(=O)c1ccccc1. The topological polar surface area (TPSA) is 56.1 Å². The summed E-state index contributed by atoms with van der Waals surface area (Å²) in [5.74, 6) is 0. The summed E-state index contributed by atoms with van der Waals surface area (Å²) in [7, 11) is -3.81. The molecule has 0 saturated heterocycles. The van der Waals surface area contributed by atoms with Gasteiger partial charge in [0.25, 0.3) is 10.0 Å². The Morgan fingerprint density at radius 1 is 0.955 bits per heavy atom. The third-order valence-corrected chi connectivity index (χ3v) is 5.24. The van der Waals surface area contributed by atoms with E-state index in [1.165, 1.54) is 22.2 Å². The van der Waals surface area contributed by atoms with Crippen LogP contribution in [0, 0.1) is 0 Å². The Morgan fingerprint density at radius 2 is 1.59 bits per heavy atom. The molecule has 2 aromatic carbocycles. The molecule has 0 radical (unpaired) electrons. The van der Waals surface area contributed by atoms with E-state index in [2.05, 4.69) is 6.58 Å². The first-order valence-electron chi connectivity index (χ1n) is 6.63. The molecule has 110 valence electrons. The van der Waals surface area contributed by atoms with Crippen LogP contribution >= 0.6 is 0 Å². The second-order valence-corrected chi connectivity index (χ2v) is 6.51. The number of fused-ring (bicyclic) bond motifs is 1. The molecule has 3 rings (SSSR count). The summed E-state index contributed by atoms with van der Waals surface area (Å²) in [5.41, 5.74) is 1.06. The van der Waals surface area contributed by atoms with Gasteiger partial charge in [-0.05, 0) is 24.3 Å². The molecule has 0 spiro atoms. The minimum atomic E-state index is -3.81. The molecule has 4 nitrogen and oxygen atoms in total. The number of nitrogens with zero attached hydrogens (tertiary/aromatic N) is 1. The van der Waals surface area contributed by atoms with Crippen LogP contribution in [0.1, 0.15) is 16.1 Å². The van der Waals surface area contributed by atoms with Crippen LogP contribution in [0.2, 0.25) is 0 Å². The number of carbonyl (C=O) groups is 1. The van der Waals surface area contributed by atoms with Crippen molar-refractivity contribution in [2.45, 2.75) is 4.90 Å². The number of carbonyl (C=O) groups excluding carboxylic acids is 1. The lowest BCUT2D eigenvalue weighted by atomic mass is 10.1. The van der Waals surface area contributed by atoms with Gasteiger partial charge in [-0.2, -0.15) is 0 Å². The smallest absolute Gasteiger partial charge is 0.268 e. The largest absolute Gasteiger partial charge is 0.298 e. The predicted molar refractivity (Wildman–Crippen MR) is 86.4 cm³/mol. The molecule has 0 bridgehead atoms. The first-order valence-corrected chi connectivity index (χ1v) is 8.07. The Balaban J connectivity index is 2.46. The summed E-state index contributed by atoms with van der Waals surface area (Å²) >= 11 is 0. The quantitative estimate of drug-likeness (QED) is 0.694. The first-order chi connectivity index (χ1) is 10.6. The highest BCUT2D eigenvalue weighted by atomic mass is 32.2. The Kier molecular flexibility index (Phi) is 3.42. The molecule has 3 aromatic rings. The Bertz CT molecular complexity index is 970. The second-order valence-electron chi connectivity index (χ2n) is 4.72. The number of rotatable bonds is 4. The van der Waals surface area contributed by atoms with Crippen LogP contribution in [0.25, 0.3) is 17.0 Å². The van der Waals surface area contributed by atoms with Crippen LogP contribution in [0.3, 0.4) is 0 Å². The van der Waals surface area contributed by atoms with E-state index in [1.807, 2.05) is 0 Å². The summed E-state index contributed by atoms with van der Waals surface area (Å²) in [4.78, 5) is 11.6. The molecule has 22 heavy (non-hydrogen) atoms. The molecule has 0 amide bonds. The molecule has 1 heterocycles. The van der Waals surface area contributed by atoms with E-state index in [-0.39, 0.29) is 10.6 Å². The fraction of sp³-hybridized carbons (Fsp3) is 0. The van der Waals surface area contributed by atoms with Crippen molar-refractivity contribution in [3.63, 3.8) is 0 Å². The molecular formula is C17H13NO3S. The monoisotopic (exact) mass is 311 g/mol. The molecule has 0 aliphatic rings.